The average molecular weight is 543 g/mol. The Hall–Kier alpha value is -3.52. The van der Waals surface area contributed by atoms with E-state index in [9.17, 15) is 0 Å². The summed E-state index contributed by atoms with van der Waals surface area (Å²) in [5, 5.41) is 3.85. The van der Waals surface area contributed by atoms with Crippen LogP contribution in [0.2, 0.25) is 0 Å². The number of rotatable bonds is 6. The maximum absolute atomic E-state index is 3.85. The van der Waals surface area contributed by atoms with Gasteiger partial charge in [-0.2, -0.15) is 0 Å². The van der Waals surface area contributed by atoms with Crippen LogP contribution >= 0.6 is 0 Å². The first kappa shape index (κ1) is 27.6. The van der Waals surface area contributed by atoms with Gasteiger partial charge in [-0.05, 0) is 106 Å². The maximum atomic E-state index is 3.85. The monoisotopic (exact) mass is 542 g/mol. The van der Waals surface area contributed by atoms with Crippen molar-refractivity contribution in [3.05, 3.63) is 113 Å². The minimum atomic E-state index is 0.0502. The number of anilines is 3. The molecular formula is C39H46N2. The van der Waals surface area contributed by atoms with Crippen LogP contribution in [0.1, 0.15) is 113 Å². The summed E-state index contributed by atoms with van der Waals surface area (Å²) in [6.45, 7) is 14.2. The molecule has 1 fully saturated rings. The van der Waals surface area contributed by atoms with Crippen LogP contribution in [-0.4, -0.2) is 0 Å². The molecule has 0 radical (unpaired) electrons. The third-order valence-corrected chi connectivity index (χ3v) is 9.54. The van der Waals surface area contributed by atoms with Gasteiger partial charge < -0.3 is 10.2 Å². The van der Waals surface area contributed by atoms with Crippen LogP contribution in [0.4, 0.5) is 17.1 Å². The summed E-state index contributed by atoms with van der Waals surface area (Å²) < 4.78 is 0. The van der Waals surface area contributed by atoms with Crippen LogP contribution in [0, 0.1) is 5.41 Å². The molecule has 0 aromatic heterocycles. The molecule has 1 aliphatic carbocycles. The van der Waals surface area contributed by atoms with E-state index in [-0.39, 0.29) is 6.17 Å². The van der Waals surface area contributed by atoms with Crippen molar-refractivity contribution in [1.82, 2.24) is 0 Å². The van der Waals surface area contributed by atoms with E-state index < -0.39 is 0 Å². The van der Waals surface area contributed by atoms with Gasteiger partial charge >= 0.3 is 0 Å². The fourth-order valence-electron chi connectivity index (χ4n) is 6.96. The van der Waals surface area contributed by atoms with E-state index in [1.165, 1.54) is 76.1 Å². The van der Waals surface area contributed by atoms with Crippen molar-refractivity contribution in [2.75, 3.05) is 10.2 Å². The molecule has 0 amide bonds. The molecule has 4 aromatic rings. The van der Waals surface area contributed by atoms with Gasteiger partial charge in [0.2, 0.25) is 0 Å². The minimum absolute atomic E-state index is 0.0502. The Labute approximate surface area is 247 Å². The zero-order chi connectivity index (χ0) is 28.7. The predicted molar refractivity (Wildman–Crippen MR) is 176 cm³/mol. The molecule has 212 valence electrons. The highest BCUT2D eigenvalue weighted by Crippen LogP contribution is 2.51. The molecule has 1 atom stereocenters. The topological polar surface area (TPSA) is 15.3 Å². The van der Waals surface area contributed by atoms with Crippen LogP contribution in [0.25, 0.3) is 11.1 Å². The molecule has 1 aliphatic heterocycles. The van der Waals surface area contributed by atoms with E-state index >= 15 is 0 Å². The van der Waals surface area contributed by atoms with E-state index in [0.29, 0.717) is 23.2 Å². The van der Waals surface area contributed by atoms with E-state index in [0.717, 1.165) is 0 Å². The summed E-state index contributed by atoms with van der Waals surface area (Å²) in [6, 6.07) is 34.1. The molecule has 6 rings (SSSR count). The molecule has 2 nitrogen and oxygen atoms in total. The van der Waals surface area contributed by atoms with Gasteiger partial charge in [-0.3, -0.25) is 0 Å². The van der Waals surface area contributed by atoms with Gasteiger partial charge in [0.15, 0.2) is 0 Å². The number of benzene rings is 4. The number of hydrogen-bond acceptors (Lipinski definition) is 2. The van der Waals surface area contributed by atoms with Crippen molar-refractivity contribution in [2.45, 2.75) is 91.1 Å². The second-order valence-electron chi connectivity index (χ2n) is 13.7. The van der Waals surface area contributed by atoms with Crippen molar-refractivity contribution in [3.8, 4) is 11.1 Å². The summed E-state index contributed by atoms with van der Waals surface area (Å²) in [7, 11) is 0. The van der Waals surface area contributed by atoms with Gasteiger partial charge in [0, 0.05) is 0 Å². The van der Waals surface area contributed by atoms with Crippen LogP contribution in [-0.2, 0) is 0 Å². The molecule has 1 N–H and O–H groups in total. The van der Waals surface area contributed by atoms with Gasteiger partial charge in [-0.15, -0.1) is 0 Å². The number of hydrogen-bond donors (Lipinski definition) is 1. The summed E-state index contributed by atoms with van der Waals surface area (Å²) in [6.07, 6.45) is 5.33. The van der Waals surface area contributed by atoms with E-state index in [4.69, 9.17) is 0 Å². The Morgan fingerprint density at radius 1 is 0.683 bits per heavy atom. The SMILES string of the molecule is CC(C)c1cc(-c2ccc(C3CCC(C)(C)CC3)cc2)cc(C(C)C)c1N1c2ccccc2NC1c1ccccc1. The van der Waals surface area contributed by atoms with Gasteiger partial charge in [0.05, 0.1) is 17.1 Å². The van der Waals surface area contributed by atoms with Crippen molar-refractivity contribution in [2.24, 2.45) is 5.41 Å². The zero-order valence-corrected chi connectivity index (χ0v) is 25.7. The van der Waals surface area contributed by atoms with Crippen LogP contribution < -0.4 is 10.2 Å². The second-order valence-corrected chi connectivity index (χ2v) is 13.7. The summed E-state index contributed by atoms with van der Waals surface area (Å²) >= 11 is 0. The summed E-state index contributed by atoms with van der Waals surface area (Å²) in [5.74, 6) is 1.47. The zero-order valence-electron chi connectivity index (χ0n) is 25.7. The Kier molecular flexibility index (Phi) is 7.45. The van der Waals surface area contributed by atoms with Crippen molar-refractivity contribution in [3.63, 3.8) is 0 Å². The van der Waals surface area contributed by atoms with E-state index in [1.807, 2.05) is 0 Å². The quantitative estimate of drug-likeness (QED) is 0.261. The number of para-hydroxylation sites is 2. The van der Waals surface area contributed by atoms with Crippen LogP contribution in [0.5, 0.6) is 0 Å². The predicted octanol–water partition coefficient (Wildman–Crippen LogP) is 11.5. The highest BCUT2D eigenvalue weighted by Gasteiger charge is 2.35. The Morgan fingerprint density at radius 2 is 1.27 bits per heavy atom. The number of nitrogens with one attached hydrogen (secondary N) is 1. The van der Waals surface area contributed by atoms with Gasteiger partial charge in [0.25, 0.3) is 0 Å². The van der Waals surface area contributed by atoms with Gasteiger partial charge in [-0.1, -0.05) is 108 Å². The number of fused-ring (bicyclic) bond motifs is 1. The first-order valence-electron chi connectivity index (χ1n) is 15.7. The molecule has 41 heavy (non-hydrogen) atoms. The Balaban J connectivity index is 1.43. The van der Waals surface area contributed by atoms with Crippen molar-refractivity contribution < 1.29 is 0 Å². The fraction of sp³-hybridized carbons (Fsp3) is 0.385. The van der Waals surface area contributed by atoms with E-state index in [1.54, 1.807) is 0 Å². The molecular weight excluding hydrogens is 496 g/mol. The smallest absolute Gasteiger partial charge is 0.130 e. The van der Waals surface area contributed by atoms with Crippen molar-refractivity contribution >= 4 is 17.1 Å². The minimum Gasteiger partial charge on any atom is -0.359 e. The van der Waals surface area contributed by atoms with Crippen LogP contribution in [0.15, 0.2) is 91.0 Å². The molecule has 1 saturated carbocycles. The highest BCUT2D eigenvalue weighted by atomic mass is 15.3. The fourth-order valence-corrected chi connectivity index (χ4v) is 6.96. The second kappa shape index (κ2) is 11.0. The highest BCUT2D eigenvalue weighted by molar-refractivity contribution is 5.87. The average Bonchev–Trinajstić information content (AvgIpc) is 3.36. The molecule has 4 aromatic carbocycles. The third kappa shape index (κ3) is 5.42. The lowest BCUT2D eigenvalue weighted by molar-refractivity contribution is 0.224. The third-order valence-electron chi connectivity index (χ3n) is 9.54. The molecule has 1 unspecified atom stereocenters. The van der Waals surface area contributed by atoms with Crippen LogP contribution in [0.3, 0.4) is 0 Å². The first-order valence-corrected chi connectivity index (χ1v) is 15.7. The molecule has 0 saturated heterocycles. The lowest BCUT2D eigenvalue weighted by Crippen LogP contribution is -2.26. The van der Waals surface area contributed by atoms with Gasteiger partial charge in [0.1, 0.15) is 6.17 Å². The molecule has 0 spiro atoms. The van der Waals surface area contributed by atoms with E-state index in [2.05, 4.69) is 143 Å². The standard InChI is InChI=1S/C39H46N2/c1-26(2)33-24-32(29-18-16-28(17-19-29)30-20-22-39(5,6)23-21-30)25-34(27(3)4)37(33)41-36-15-11-10-14-35(36)40-38(41)31-12-8-7-9-13-31/h7-19,24-27,30,38,40H,20-23H2,1-6H3. The van der Waals surface area contributed by atoms with Gasteiger partial charge in [-0.25, -0.2) is 0 Å². The van der Waals surface area contributed by atoms with Crippen molar-refractivity contribution in [1.29, 1.82) is 0 Å². The normalized spacial score (nSPS) is 18.5. The largest absolute Gasteiger partial charge is 0.359 e. The maximum Gasteiger partial charge on any atom is 0.130 e. The first-order chi connectivity index (χ1) is 19.7. The molecule has 1 heterocycles. The Bertz CT molecular complexity index is 1460. The molecule has 2 heteroatoms. The Morgan fingerprint density at radius 3 is 1.88 bits per heavy atom. The molecule has 2 aliphatic rings. The summed E-state index contributed by atoms with van der Waals surface area (Å²) in [5.41, 5.74) is 12.5. The molecule has 0 bridgehead atoms. The number of nitrogens with zero attached hydrogens (tertiary/aromatic N) is 1. The summed E-state index contributed by atoms with van der Waals surface area (Å²) in [4.78, 5) is 2.56. The lowest BCUT2D eigenvalue weighted by atomic mass is 9.71. The lowest BCUT2D eigenvalue weighted by Gasteiger charge is -2.34.